The van der Waals surface area contributed by atoms with Crippen LogP contribution < -0.4 is 5.73 Å². The summed E-state index contributed by atoms with van der Waals surface area (Å²) in [5.74, 6) is 0. The normalized spacial score (nSPS) is 10.8. The lowest BCUT2D eigenvalue weighted by molar-refractivity contribution is 0.844. The minimum Gasteiger partial charge on any atom is -0.330 e. The molecule has 0 aliphatic carbocycles. The molecule has 1 heterocycles. The minimum atomic E-state index is 0.638. The smallest absolute Gasteiger partial charge is 0.113 e. The van der Waals surface area contributed by atoms with Gasteiger partial charge in [-0.3, -0.25) is 0 Å². The molecule has 90 valence electrons. The molecule has 0 fully saturated rings. The number of hydrogen-bond acceptors (Lipinski definition) is 2. The molecule has 2 aromatic rings. The lowest BCUT2D eigenvalue weighted by Crippen LogP contribution is -2.03. The highest BCUT2D eigenvalue weighted by Gasteiger charge is 2.12. The topological polar surface area (TPSA) is 43.8 Å². The Kier molecular flexibility index (Phi) is 3.64. The first-order chi connectivity index (χ1) is 8.13. The van der Waals surface area contributed by atoms with Crippen molar-refractivity contribution in [3.05, 3.63) is 45.7 Å². The summed E-state index contributed by atoms with van der Waals surface area (Å²) in [6, 6.07) is 8.31. The second-order valence-corrected chi connectivity index (χ2v) is 4.89. The van der Waals surface area contributed by atoms with Crippen molar-refractivity contribution < 1.29 is 0 Å². The molecule has 3 nitrogen and oxygen atoms in total. The lowest BCUT2D eigenvalue weighted by Gasteiger charge is -2.04. The zero-order chi connectivity index (χ0) is 12.4. The molecule has 0 saturated heterocycles. The minimum absolute atomic E-state index is 0.638. The van der Waals surface area contributed by atoms with Crippen LogP contribution in [0.1, 0.15) is 16.8 Å². The molecule has 1 aromatic heterocycles. The Bertz CT molecular complexity index is 514. The summed E-state index contributed by atoms with van der Waals surface area (Å²) in [5.41, 5.74) is 10.1. The molecule has 0 spiro atoms. The van der Waals surface area contributed by atoms with E-state index in [2.05, 4.69) is 52.2 Å². The van der Waals surface area contributed by atoms with Crippen molar-refractivity contribution >= 4 is 15.9 Å². The van der Waals surface area contributed by atoms with Crippen molar-refractivity contribution in [1.82, 2.24) is 9.78 Å². The summed E-state index contributed by atoms with van der Waals surface area (Å²) in [7, 11) is 0. The molecule has 0 bridgehead atoms. The summed E-state index contributed by atoms with van der Waals surface area (Å²) in [4.78, 5) is 0. The fourth-order valence-corrected chi connectivity index (χ4v) is 2.59. The first kappa shape index (κ1) is 12.3. The van der Waals surface area contributed by atoms with Gasteiger partial charge in [0.15, 0.2) is 0 Å². The number of aromatic nitrogens is 2. The van der Waals surface area contributed by atoms with Gasteiger partial charge in [-0.2, -0.15) is 5.10 Å². The highest BCUT2D eigenvalue weighted by molar-refractivity contribution is 9.10. The van der Waals surface area contributed by atoms with E-state index in [0.717, 1.165) is 22.4 Å². The average Bonchev–Trinajstić information content (AvgIpc) is 2.59. The predicted octanol–water partition coefficient (Wildman–Crippen LogP) is 2.75. The van der Waals surface area contributed by atoms with Crippen LogP contribution in [0.3, 0.4) is 0 Å². The molecule has 4 heteroatoms. The zero-order valence-corrected chi connectivity index (χ0v) is 11.7. The fourth-order valence-electron chi connectivity index (χ4n) is 1.82. The average molecular weight is 294 g/mol. The van der Waals surface area contributed by atoms with Crippen molar-refractivity contribution in [2.24, 2.45) is 5.73 Å². The van der Waals surface area contributed by atoms with E-state index in [1.165, 1.54) is 11.1 Å². The van der Waals surface area contributed by atoms with Gasteiger partial charge >= 0.3 is 0 Å². The van der Waals surface area contributed by atoms with E-state index in [1.807, 2.05) is 11.6 Å². The van der Waals surface area contributed by atoms with Gasteiger partial charge in [0.25, 0.3) is 0 Å². The Morgan fingerprint density at radius 3 is 2.47 bits per heavy atom. The van der Waals surface area contributed by atoms with E-state index in [0.29, 0.717) is 6.54 Å². The van der Waals surface area contributed by atoms with Crippen molar-refractivity contribution in [3.8, 4) is 5.69 Å². The molecule has 0 saturated carbocycles. The van der Waals surface area contributed by atoms with E-state index in [9.17, 15) is 0 Å². The molecule has 0 aliphatic rings. The van der Waals surface area contributed by atoms with Gasteiger partial charge in [-0.15, -0.1) is 0 Å². The van der Waals surface area contributed by atoms with Gasteiger partial charge in [0, 0.05) is 5.56 Å². The van der Waals surface area contributed by atoms with Crippen LogP contribution in [0, 0.1) is 13.8 Å². The van der Waals surface area contributed by atoms with Crippen LogP contribution >= 0.6 is 15.9 Å². The molecule has 2 N–H and O–H groups in total. The Balaban J connectivity index is 2.46. The third kappa shape index (κ3) is 2.42. The van der Waals surface area contributed by atoms with Crippen LogP contribution in [0.15, 0.2) is 28.9 Å². The molecular formula is C13H16BrN3. The standard InChI is InChI=1S/C13H16BrN3/c1-9-3-5-11(6-4-9)17-13(14)12(7-8-15)10(2)16-17/h3-6H,7-8,15H2,1-2H3. The van der Waals surface area contributed by atoms with Gasteiger partial charge < -0.3 is 5.73 Å². The molecule has 2 rings (SSSR count). The van der Waals surface area contributed by atoms with Crippen LogP contribution in [-0.4, -0.2) is 16.3 Å². The Labute approximate surface area is 110 Å². The summed E-state index contributed by atoms with van der Waals surface area (Å²) >= 11 is 3.60. The third-order valence-electron chi connectivity index (χ3n) is 2.79. The second-order valence-electron chi connectivity index (χ2n) is 4.14. The molecule has 1 aromatic carbocycles. The maximum absolute atomic E-state index is 5.61. The summed E-state index contributed by atoms with van der Waals surface area (Å²) in [5, 5.41) is 4.54. The zero-order valence-electron chi connectivity index (χ0n) is 10.1. The van der Waals surface area contributed by atoms with Crippen molar-refractivity contribution in [2.45, 2.75) is 20.3 Å². The van der Waals surface area contributed by atoms with Crippen LogP contribution in [0.4, 0.5) is 0 Å². The van der Waals surface area contributed by atoms with Gasteiger partial charge in [-0.25, -0.2) is 4.68 Å². The van der Waals surface area contributed by atoms with Crippen LogP contribution in [0.2, 0.25) is 0 Å². The monoisotopic (exact) mass is 293 g/mol. The van der Waals surface area contributed by atoms with Crippen molar-refractivity contribution in [1.29, 1.82) is 0 Å². The molecule has 0 atom stereocenters. The second kappa shape index (κ2) is 5.02. The molecule has 0 unspecified atom stereocenters. The molecule has 0 radical (unpaired) electrons. The highest BCUT2D eigenvalue weighted by Crippen LogP contribution is 2.24. The van der Waals surface area contributed by atoms with Crippen LogP contribution in [0.5, 0.6) is 0 Å². The van der Waals surface area contributed by atoms with E-state index >= 15 is 0 Å². The van der Waals surface area contributed by atoms with Gasteiger partial charge in [0.2, 0.25) is 0 Å². The Morgan fingerprint density at radius 1 is 1.24 bits per heavy atom. The highest BCUT2D eigenvalue weighted by atomic mass is 79.9. The fraction of sp³-hybridized carbons (Fsp3) is 0.308. The first-order valence-electron chi connectivity index (χ1n) is 5.64. The number of rotatable bonds is 3. The van der Waals surface area contributed by atoms with E-state index in [-0.39, 0.29) is 0 Å². The largest absolute Gasteiger partial charge is 0.330 e. The first-order valence-corrected chi connectivity index (χ1v) is 6.44. The summed E-state index contributed by atoms with van der Waals surface area (Å²) < 4.78 is 2.92. The molecule has 0 aliphatic heterocycles. The summed E-state index contributed by atoms with van der Waals surface area (Å²) in [6.07, 6.45) is 0.846. The maximum Gasteiger partial charge on any atom is 0.113 e. The molecule has 0 amide bonds. The summed E-state index contributed by atoms with van der Waals surface area (Å²) in [6.45, 7) is 4.73. The van der Waals surface area contributed by atoms with Crippen LogP contribution in [-0.2, 0) is 6.42 Å². The third-order valence-corrected chi connectivity index (χ3v) is 3.61. The maximum atomic E-state index is 5.61. The van der Waals surface area contributed by atoms with E-state index in [1.54, 1.807) is 0 Å². The Hall–Kier alpha value is -1.13. The quantitative estimate of drug-likeness (QED) is 0.946. The Morgan fingerprint density at radius 2 is 1.88 bits per heavy atom. The van der Waals surface area contributed by atoms with Gasteiger partial charge in [0.05, 0.1) is 11.4 Å². The molecule has 17 heavy (non-hydrogen) atoms. The molecular weight excluding hydrogens is 278 g/mol. The van der Waals surface area contributed by atoms with Gasteiger partial charge in [-0.1, -0.05) is 17.7 Å². The van der Waals surface area contributed by atoms with Crippen molar-refractivity contribution in [2.75, 3.05) is 6.54 Å². The van der Waals surface area contributed by atoms with E-state index in [4.69, 9.17) is 5.73 Å². The number of hydrogen-bond donors (Lipinski definition) is 1. The van der Waals surface area contributed by atoms with Crippen molar-refractivity contribution in [3.63, 3.8) is 0 Å². The number of nitrogens with zero attached hydrogens (tertiary/aromatic N) is 2. The number of aryl methyl sites for hydroxylation is 2. The number of benzene rings is 1. The number of halogens is 1. The van der Waals surface area contributed by atoms with E-state index < -0.39 is 0 Å². The number of nitrogens with two attached hydrogens (primary N) is 1. The lowest BCUT2D eigenvalue weighted by atomic mass is 10.2. The van der Waals surface area contributed by atoms with Gasteiger partial charge in [-0.05, 0) is 54.9 Å². The van der Waals surface area contributed by atoms with Crippen LogP contribution in [0.25, 0.3) is 5.69 Å². The SMILES string of the molecule is Cc1ccc(-n2nc(C)c(CCN)c2Br)cc1. The van der Waals surface area contributed by atoms with Gasteiger partial charge in [0.1, 0.15) is 4.60 Å². The predicted molar refractivity (Wildman–Crippen MR) is 73.5 cm³/mol.